The Bertz CT molecular complexity index is 1030. The molecule has 1 aromatic heterocycles. The van der Waals surface area contributed by atoms with Gasteiger partial charge in [-0.3, -0.25) is 15.2 Å². The van der Waals surface area contributed by atoms with Crippen molar-refractivity contribution in [2.45, 2.75) is 32.4 Å². The number of aromatic amines is 1. The van der Waals surface area contributed by atoms with Crippen LogP contribution in [0.25, 0.3) is 10.9 Å². The van der Waals surface area contributed by atoms with Gasteiger partial charge in [-0.05, 0) is 38.1 Å². The van der Waals surface area contributed by atoms with Gasteiger partial charge in [-0.2, -0.15) is 5.10 Å². The van der Waals surface area contributed by atoms with E-state index in [1.165, 1.54) is 0 Å². The molecule has 0 saturated carbocycles. The second-order valence-electron chi connectivity index (χ2n) is 7.25. The molecule has 2 aromatic carbocycles. The van der Waals surface area contributed by atoms with E-state index >= 15 is 0 Å². The zero-order valence-electron chi connectivity index (χ0n) is 16.3. The van der Waals surface area contributed by atoms with E-state index in [0.717, 1.165) is 11.1 Å². The molecule has 3 amide bonds. The maximum atomic E-state index is 12.7. The fourth-order valence-electron chi connectivity index (χ4n) is 3.36. The van der Waals surface area contributed by atoms with Crippen LogP contribution in [0.4, 0.5) is 16.3 Å². The van der Waals surface area contributed by atoms with E-state index in [1.807, 2.05) is 50.2 Å². The monoisotopic (exact) mass is 393 g/mol. The standard InChI is InChI=1S/C21H23N5O3/c1-13(2)22-21(28)23-19-16-9-8-15(12-17(16)24-25-19)29-18-10-11-26(20(18)27)14-6-4-3-5-7-14/h3-9,12-13,18H,10-11H2,1-2H3,(H3,22,23,24,25,28). The Labute approximate surface area is 168 Å². The van der Waals surface area contributed by atoms with Crippen LogP contribution in [-0.2, 0) is 4.79 Å². The van der Waals surface area contributed by atoms with E-state index in [9.17, 15) is 9.59 Å². The third kappa shape index (κ3) is 4.01. The normalized spacial score (nSPS) is 16.4. The Morgan fingerprint density at radius 3 is 2.79 bits per heavy atom. The number of nitrogens with zero attached hydrogens (tertiary/aromatic N) is 2. The number of hydrogen-bond acceptors (Lipinski definition) is 4. The number of carbonyl (C=O) groups is 2. The highest BCUT2D eigenvalue weighted by atomic mass is 16.5. The zero-order valence-corrected chi connectivity index (χ0v) is 16.3. The summed E-state index contributed by atoms with van der Waals surface area (Å²) in [7, 11) is 0. The van der Waals surface area contributed by atoms with Crippen LogP contribution in [0.2, 0.25) is 0 Å². The molecule has 2 heterocycles. The minimum Gasteiger partial charge on any atom is -0.480 e. The number of carbonyl (C=O) groups excluding carboxylic acids is 2. The summed E-state index contributed by atoms with van der Waals surface area (Å²) in [5, 5.41) is 13.3. The predicted molar refractivity (Wildman–Crippen MR) is 111 cm³/mol. The molecule has 1 fully saturated rings. The van der Waals surface area contributed by atoms with Crippen LogP contribution in [0.1, 0.15) is 20.3 Å². The van der Waals surface area contributed by atoms with Gasteiger partial charge in [0.15, 0.2) is 11.9 Å². The lowest BCUT2D eigenvalue weighted by molar-refractivity contribution is -0.122. The van der Waals surface area contributed by atoms with Crippen LogP contribution in [0, 0.1) is 0 Å². The summed E-state index contributed by atoms with van der Waals surface area (Å²) < 4.78 is 5.95. The number of amides is 3. The number of H-pyrrole nitrogens is 1. The number of urea groups is 1. The van der Waals surface area contributed by atoms with Gasteiger partial charge in [-0.25, -0.2) is 4.79 Å². The van der Waals surface area contributed by atoms with E-state index in [4.69, 9.17) is 4.74 Å². The predicted octanol–water partition coefficient (Wildman–Crippen LogP) is 3.28. The SMILES string of the molecule is CC(C)NC(=O)Nc1n[nH]c2cc(OC3CCN(c4ccccc4)C3=O)ccc12. The number of rotatable bonds is 5. The molecule has 0 aliphatic carbocycles. The van der Waals surface area contributed by atoms with Crippen LogP contribution in [0.5, 0.6) is 5.75 Å². The van der Waals surface area contributed by atoms with Crippen molar-refractivity contribution in [3.05, 3.63) is 48.5 Å². The number of ether oxygens (including phenoxy) is 1. The van der Waals surface area contributed by atoms with Gasteiger partial charge in [-0.15, -0.1) is 0 Å². The molecule has 3 N–H and O–H groups in total. The molecule has 150 valence electrons. The topological polar surface area (TPSA) is 99.3 Å². The number of benzene rings is 2. The van der Waals surface area contributed by atoms with Crippen molar-refractivity contribution in [2.24, 2.45) is 0 Å². The van der Waals surface area contributed by atoms with Crippen LogP contribution in [0.15, 0.2) is 48.5 Å². The highest BCUT2D eigenvalue weighted by Gasteiger charge is 2.34. The van der Waals surface area contributed by atoms with Gasteiger partial charge in [0, 0.05) is 36.1 Å². The minimum absolute atomic E-state index is 0.0274. The van der Waals surface area contributed by atoms with Crippen molar-refractivity contribution >= 4 is 34.3 Å². The van der Waals surface area contributed by atoms with Crippen LogP contribution >= 0.6 is 0 Å². The van der Waals surface area contributed by atoms with Gasteiger partial charge >= 0.3 is 6.03 Å². The first-order valence-corrected chi connectivity index (χ1v) is 9.60. The number of hydrogen-bond donors (Lipinski definition) is 3. The van der Waals surface area contributed by atoms with Gasteiger partial charge in [0.2, 0.25) is 0 Å². The number of anilines is 2. The Kier molecular flexibility index (Phi) is 5.07. The zero-order chi connectivity index (χ0) is 20.4. The molecular weight excluding hydrogens is 370 g/mol. The molecule has 1 aliphatic heterocycles. The average molecular weight is 393 g/mol. The second kappa shape index (κ2) is 7.83. The summed E-state index contributed by atoms with van der Waals surface area (Å²) in [6.07, 6.45) is 0.0988. The van der Waals surface area contributed by atoms with Gasteiger partial charge in [-0.1, -0.05) is 18.2 Å². The second-order valence-corrected chi connectivity index (χ2v) is 7.25. The molecule has 0 bridgehead atoms. The maximum Gasteiger partial charge on any atom is 0.320 e. The Hall–Kier alpha value is -3.55. The van der Waals surface area contributed by atoms with Crippen LogP contribution < -0.4 is 20.3 Å². The van der Waals surface area contributed by atoms with E-state index in [1.54, 1.807) is 17.0 Å². The molecule has 1 atom stereocenters. The van der Waals surface area contributed by atoms with Gasteiger partial charge in [0.1, 0.15) is 5.75 Å². The molecule has 8 nitrogen and oxygen atoms in total. The molecular formula is C21H23N5O3. The molecule has 4 rings (SSSR count). The molecule has 0 spiro atoms. The van der Waals surface area contributed by atoms with E-state index < -0.39 is 6.10 Å². The van der Waals surface area contributed by atoms with Crippen LogP contribution in [-0.4, -0.2) is 40.8 Å². The van der Waals surface area contributed by atoms with Crippen molar-refractivity contribution in [3.63, 3.8) is 0 Å². The third-order valence-corrected chi connectivity index (χ3v) is 4.69. The molecule has 1 saturated heterocycles. The van der Waals surface area contributed by atoms with Crippen molar-refractivity contribution in [3.8, 4) is 5.75 Å². The third-order valence-electron chi connectivity index (χ3n) is 4.69. The first-order chi connectivity index (χ1) is 14.0. The number of para-hydroxylation sites is 1. The number of nitrogens with one attached hydrogen (secondary N) is 3. The molecule has 1 aliphatic rings. The summed E-state index contributed by atoms with van der Waals surface area (Å²) >= 11 is 0. The summed E-state index contributed by atoms with van der Waals surface area (Å²) in [6.45, 7) is 4.39. The Morgan fingerprint density at radius 1 is 1.24 bits per heavy atom. The van der Waals surface area contributed by atoms with Gasteiger partial charge < -0.3 is 15.0 Å². The number of aromatic nitrogens is 2. The first kappa shape index (κ1) is 18.8. The fourth-order valence-corrected chi connectivity index (χ4v) is 3.36. The Balaban J connectivity index is 1.45. The van der Waals surface area contributed by atoms with E-state index in [2.05, 4.69) is 20.8 Å². The molecule has 8 heteroatoms. The average Bonchev–Trinajstić information content (AvgIpc) is 3.25. The van der Waals surface area contributed by atoms with E-state index in [-0.39, 0.29) is 18.0 Å². The summed E-state index contributed by atoms with van der Waals surface area (Å²) in [4.78, 5) is 26.4. The molecule has 29 heavy (non-hydrogen) atoms. The van der Waals surface area contributed by atoms with Crippen molar-refractivity contribution in [2.75, 3.05) is 16.8 Å². The highest BCUT2D eigenvalue weighted by molar-refractivity contribution is 6.00. The lowest BCUT2D eigenvalue weighted by atomic mass is 10.2. The smallest absolute Gasteiger partial charge is 0.320 e. The van der Waals surface area contributed by atoms with Crippen molar-refractivity contribution in [1.82, 2.24) is 15.5 Å². The van der Waals surface area contributed by atoms with E-state index in [0.29, 0.717) is 30.0 Å². The van der Waals surface area contributed by atoms with Crippen molar-refractivity contribution < 1.29 is 14.3 Å². The van der Waals surface area contributed by atoms with Gasteiger partial charge in [0.25, 0.3) is 5.91 Å². The number of fused-ring (bicyclic) bond motifs is 1. The molecule has 0 radical (unpaired) electrons. The largest absolute Gasteiger partial charge is 0.480 e. The first-order valence-electron chi connectivity index (χ1n) is 9.60. The quantitative estimate of drug-likeness (QED) is 0.619. The maximum absolute atomic E-state index is 12.7. The highest BCUT2D eigenvalue weighted by Crippen LogP contribution is 2.28. The lowest BCUT2D eigenvalue weighted by Gasteiger charge is -2.17. The van der Waals surface area contributed by atoms with Gasteiger partial charge in [0.05, 0.1) is 5.52 Å². The van der Waals surface area contributed by atoms with Crippen molar-refractivity contribution in [1.29, 1.82) is 0 Å². The molecule has 3 aromatic rings. The molecule has 1 unspecified atom stereocenters. The minimum atomic E-state index is -0.523. The summed E-state index contributed by atoms with van der Waals surface area (Å²) in [5.74, 6) is 0.970. The summed E-state index contributed by atoms with van der Waals surface area (Å²) in [5.41, 5.74) is 1.59. The summed E-state index contributed by atoms with van der Waals surface area (Å²) in [6, 6.07) is 14.7. The van der Waals surface area contributed by atoms with Crippen LogP contribution in [0.3, 0.4) is 0 Å². The fraction of sp³-hybridized carbons (Fsp3) is 0.286. The Morgan fingerprint density at radius 2 is 2.03 bits per heavy atom. The lowest BCUT2D eigenvalue weighted by Crippen LogP contribution is -2.34.